The number of ether oxygens (including phenoxy) is 4. The van der Waals surface area contributed by atoms with Crippen LogP contribution in [0.25, 0.3) is 0 Å². The van der Waals surface area contributed by atoms with Crippen molar-refractivity contribution in [3.05, 3.63) is 51.6 Å². The van der Waals surface area contributed by atoms with Crippen LogP contribution in [0.2, 0.25) is 0 Å². The van der Waals surface area contributed by atoms with Crippen LogP contribution in [0.3, 0.4) is 0 Å². The van der Waals surface area contributed by atoms with Gasteiger partial charge < -0.3 is 18.9 Å². The summed E-state index contributed by atoms with van der Waals surface area (Å²) in [5, 5.41) is 14.9. The lowest BCUT2D eigenvalue weighted by molar-refractivity contribution is -0.385. The van der Waals surface area contributed by atoms with Gasteiger partial charge in [0, 0.05) is 11.6 Å². The number of aryl methyl sites for hydroxylation is 1. The Bertz CT molecular complexity index is 903. The minimum atomic E-state index is -0.580. The molecule has 0 saturated carbocycles. The highest BCUT2D eigenvalue weighted by Crippen LogP contribution is 2.37. The highest BCUT2D eigenvalue weighted by molar-refractivity contribution is 5.84. The first kappa shape index (κ1) is 21.5. The van der Waals surface area contributed by atoms with E-state index in [-0.39, 0.29) is 11.4 Å². The van der Waals surface area contributed by atoms with Crippen molar-refractivity contribution in [3.63, 3.8) is 0 Å². The van der Waals surface area contributed by atoms with E-state index in [1.165, 1.54) is 39.7 Å². The first-order valence-corrected chi connectivity index (χ1v) is 8.39. The lowest BCUT2D eigenvalue weighted by Crippen LogP contribution is -2.24. The molecule has 10 nitrogen and oxygen atoms in total. The van der Waals surface area contributed by atoms with E-state index in [1.807, 2.05) is 0 Å². The molecule has 1 amide bonds. The molecule has 0 aromatic heterocycles. The van der Waals surface area contributed by atoms with Crippen molar-refractivity contribution in [3.8, 4) is 23.0 Å². The molecule has 2 aromatic carbocycles. The third-order valence-corrected chi connectivity index (χ3v) is 3.76. The minimum Gasteiger partial charge on any atom is -0.493 e. The third kappa shape index (κ3) is 5.58. The average Bonchev–Trinajstić information content (AvgIpc) is 2.71. The van der Waals surface area contributed by atoms with E-state index in [0.29, 0.717) is 28.4 Å². The standard InChI is InChI=1S/C19H21N3O7/c1-12-5-6-15(14(7-12)22(24)25)29-11-18(23)21-20-10-13-8-16(26-2)19(28-4)17(9-13)27-3/h5-10H,11H2,1-4H3,(H,21,23). The van der Waals surface area contributed by atoms with Crippen molar-refractivity contribution < 1.29 is 28.7 Å². The van der Waals surface area contributed by atoms with Gasteiger partial charge >= 0.3 is 5.69 Å². The molecule has 0 unspecified atom stereocenters. The van der Waals surface area contributed by atoms with Crippen molar-refractivity contribution in [1.82, 2.24) is 5.43 Å². The predicted molar refractivity (Wildman–Crippen MR) is 105 cm³/mol. The first-order valence-electron chi connectivity index (χ1n) is 8.39. The van der Waals surface area contributed by atoms with Crippen LogP contribution < -0.4 is 24.4 Å². The maximum absolute atomic E-state index is 11.9. The fraction of sp³-hybridized carbons (Fsp3) is 0.263. The number of methoxy groups -OCH3 is 3. The van der Waals surface area contributed by atoms with Crippen LogP contribution >= 0.6 is 0 Å². The van der Waals surface area contributed by atoms with E-state index >= 15 is 0 Å². The van der Waals surface area contributed by atoms with Crippen molar-refractivity contribution in [2.45, 2.75) is 6.92 Å². The number of hydrogen-bond acceptors (Lipinski definition) is 8. The van der Waals surface area contributed by atoms with Crippen LogP contribution in [0, 0.1) is 17.0 Å². The molecule has 2 rings (SSSR count). The van der Waals surface area contributed by atoms with E-state index in [9.17, 15) is 14.9 Å². The van der Waals surface area contributed by atoms with Gasteiger partial charge in [0.25, 0.3) is 5.91 Å². The highest BCUT2D eigenvalue weighted by atomic mass is 16.6. The Morgan fingerprint density at radius 3 is 2.31 bits per heavy atom. The number of benzene rings is 2. The Kier molecular flexibility index (Phi) is 7.35. The normalized spacial score (nSPS) is 10.5. The maximum atomic E-state index is 11.9. The summed E-state index contributed by atoms with van der Waals surface area (Å²) in [4.78, 5) is 22.4. The Balaban J connectivity index is 2.01. The predicted octanol–water partition coefficient (Wildman–Crippen LogP) is 2.46. The number of nitrogens with one attached hydrogen (secondary N) is 1. The fourth-order valence-electron chi connectivity index (χ4n) is 2.42. The molecule has 0 radical (unpaired) electrons. The number of carbonyl (C=O) groups excluding carboxylic acids is 1. The molecule has 0 atom stereocenters. The van der Waals surface area contributed by atoms with Gasteiger partial charge in [0.05, 0.1) is 32.5 Å². The molecule has 0 aliphatic rings. The van der Waals surface area contributed by atoms with Crippen molar-refractivity contribution in [2.75, 3.05) is 27.9 Å². The maximum Gasteiger partial charge on any atom is 0.311 e. The lowest BCUT2D eigenvalue weighted by atomic mass is 10.2. The summed E-state index contributed by atoms with van der Waals surface area (Å²) >= 11 is 0. The van der Waals surface area contributed by atoms with E-state index in [2.05, 4.69) is 10.5 Å². The molecule has 29 heavy (non-hydrogen) atoms. The van der Waals surface area contributed by atoms with Crippen molar-refractivity contribution in [2.24, 2.45) is 5.10 Å². The van der Waals surface area contributed by atoms with Crippen molar-refractivity contribution >= 4 is 17.8 Å². The summed E-state index contributed by atoms with van der Waals surface area (Å²) in [5.74, 6) is 0.737. The van der Waals surface area contributed by atoms with Gasteiger partial charge in [0.2, 0.25) is 5.75 Å². The van der Waals surface area contributed by atoms with Gasteiger partial charge in [-0.05, 0) is 30.7 Å². The molecule has 10 heteroatoms. The summed E-state index contributed by atoms with van der Waals surface area (Å²) in [6.45, 7) is 1.29. The molecule has 0 bridgehead atoms. The van der Waals surface area contributed by atoms with Gasteiger partial charge in [0.15, 0.2) is 23.9 Å². The van der Waals surface area contributed by atoms with Gasteiger partial charge in [-0.25, -0.2) is 5.43 Å². The van der Waals surface area contributed by atoms with Crippen LogP contribution in [0.5, 0.6) is 23.0 Å². The Hall–Kier alpha value is -3.82. The monoisotopic (exact) mass is 403 g/mol. The molecule has 0 aliphatic heterocycles. The third-order valence-electron chi connectivity index (χ3n) is 3.76. The van der Waals surface area contributed by atoms with E-state index < -0.39 is 17.4 Å². The van der Waals surface area contributed by atoms with Crippen LogP contribution in [0.15, 0.2) is 35.4 Å². The Labute approximate surface area is 167 Å². The van der Waals surface area contributed by atoms with Crippen LogP contribution in [0.1, 0.15) is 11.1 Å². The second-order valence-corrected chi connectivity index (χ2v) is 5.77. The average molecular weight is 403 g/mol. The highest BCUT2D eigenvalue weighted by Gasteiger charge is 2.16. The Morgan fingerprint density at radius 1 is 1.10 bits per heavy atom. The number of nitro benzene ring substituents is 1. The van der Waals surface area contributed by atoms with Gasteiger partial charge in [-0.3, -0.25) is 14.9 Å². The molecule has 0 spiro atoms. The second kappa shape index (κ2) is 9.93. The van der Waals surface area contributed by atoms with Crippen LogP contribution in [0.4, 0.5) is 5.69 Å². The molecule has 0 saturated heterocycles. The minimum absolute atomic E-state index is 0.00403. The SMILES string of the molecule is COc1cc(C=NNC(=O)COc2ccc(C)cc2[N+](=O)[O-])cc(OC)c1OC. The number of rotatable bonds is 9. The summed E-state index contributed by atoms with van der Waals surface area (Å²) < 4.78 is 21.0. The van der Waals surface area contributed by atoms with E-state index in [1.54, 1.807) is 25.1 Å². The van der Waals surface area contributed by atoms with Crippen molar-refractivity contribution in [1.29, 1.82) is 0 Å². The summed E-state index contributed by atoms with van der Waals surface area (Å²) in [7, 11) is 4.47. The number of amides is 1. The quantitative estimate of drug-likeness (QED) is 0.388. The summed E-state index contributed by atoms with van der Waals surface area (Å²) in [6.07, 6.45) is 1.39. The number of nitro groups is 1. The Morgan fingerprint density at radius 2 is 1.76 bits per heavy atom. The topological polar surface area (TPSA) is 122 Å². The molecule has 0 aliphatic carbocycles. The van der Waals surface area contributed by atoms with Crippen LogP contribution in [-0.4, -0.2) is 45.0 Å². The zero-order valence-electron chi connectivity index (χ0n) is 16.4. The second-order valence-electron chi connectivity index (χ2n) is 5.77. The number of hydrogen-bond donors (Lipinski definition) is 1. The zero-order chi connectivity index (χ0) is 21.4. The molecular weight excluding hydrogens is 382 g/mol. The molecule has 1 N–H and O–H groups in total. The fourth-order valence-corrected chi connectivity index (χ4v) is 2.42. The van der Waals surface area contributed by atoms with E-state index in [0.717, 1.165) is 0 Å². The van der Waals surface area contributed by atoms with Gasteiger partial charge in [-0.1, -0.05) is 6.07 Å². The van der Waals surface area contributed by atoms with E-state index in [4.69, 9.17) is 18.9 Å². The summed E-state index contributed by atoms with van der Waals surface area (Å²) in [6, 6.07) is 7.78. The first-order chi connectivity index (χ1) is 13.9. The molecular formula is C19H21N3O7. The van der Waals surface area contributed by atoms with Gasteiger partial charge in [-0.2, -0.15) is 5.10 Å². The van der Waals surface area contributed by atoms with Gasteiger partial charge in [-0.15, -0.1) is 0 Å². The molecule has 154 valence electrons. The largest absolute Gasteiger partial charge is 0.493 e. The number of nitrogens with zero attached hydrogens (tertiary/aromatic N) is 2. The van der Waals surface area contributed by atoms with Gasteiger partial charge in [0.1, 0.15) is 0 Å². The molecule has 0 heterocycles. The smallest absolute Gasteiger partial charge is 0.311 e. The number of carbonyl (C=O) groups is 1. The lowest BCUT2D eigenvalue weighted by Gasteiger charge is -2.12. The molecule has 0 fully saturated rings. The molecule has 2 aromatic rings. The number of hydrazone groups is 1. The zero-order valence-corrected chi connectivity index (χ0v) is 16.4. The van der Waals surface area contributed by atoms with Crippen LogP contribution in [-0.2, 0) is 4.79 Å². The summed E-state index contributed by atoms with van der Waals surface area (Å²) in [5.41, 5.74) is 3.38.